The third kappa shape index (κ3) is 1.82. The molecule has 1 heterocycles. The van der Waals surface area contributed by atoms with Gasteiger partial charge in [-0.05, 0) is 29.4 Å². The Labute approximate surface area is 138 Å². The van der Waals surface area contributed by atoms with E-state index >= 15 is 0 Å². The lowest BCUT2D eigenvalue weighted by molar-refractivity contribution is 0.0806. The molecule has 1 aromatic carbocycles. The summed E-state index contributed by atoms with van der Waals surface area (Å²) < 4.78 is 5.49. The number of carbonyl (C=O) groups is 2. The van der Waals surface area contributed by atoms with Crippen molar-refractivity contribution in [1.82, 2.24) is 0 Å². The van der Waals surface area contributed by atoms with E-state index in [1.807, 2.05) is 6.07 Å². The minimum Gasteiger partial charge on any atom is -0.463 e. The summed E-state index contributed by atoms with van der Waals surface area (Å²) in [5.41, 5.74) is 2.50. The van der Waals surface area contributed by atoms with Gasteiger partial charge in [-0.15, -0.1) is 0 Å². The van der Waals surface area contributed by atoms with Gasteiger partial charge in [0.05, 0.1) is 24.5 Å². The maximum absolute atomic E-state index is 12.8. The molecule has 0 fully saturated rings. The van der Waals surface area contributed by atoms with Crippen LogP contribution >= 0.6 is 0 Å². The summed E-state index contributed by atoms with van der Waals surface area (Å²) in [5.74, 6) is -1.02. The summed E-state index contributed by atoms with van der Waals surface area (Å²) in [6.07, 6.45) is 1.90. The van der Waals surface area contributed by atoms with Gasteiger partial charge in [0.25, 0.3) is 0 Å². The van der Waals surface area contributed by atoms with E-state index in [9.17, 15) is 19.8 Å². The van der Waals surface area contributed by atoms with Crippen LogP contribution in [0.2, 0.25) is 0 Å². The van der Waals surface area contributed by atoms with Crippen LogP contribution in [0.15, 0.2) is 22.8 Å². The Kier molecular flexibility index (Phi) is 3.11. The molecule has 2 N–H and O–H groups in total. The van der Waals surface area contributed by atoms with Gasteiger partial charge in [-0.25, -0.2) is 0 Å². The van der Waals surface area contributed by atoms with Crippen LogP contribution in [-0.4, -0.2) is 21.8 Å². The van der Waals surface area contributed by atoms with E-state index in [1.54, 1.807) is 6.07 Å². The number of hydrogen-bond donors (Lipinski definition) is 2. The van der Waals surface area contributed by atoms with Crippen LogP contribution in [-0.2, 0) is 12.0 Å². The highest BCUT2D eigenvalue weighted by molar-refractivity contribution is 6.53. The lowest BCUT2D eigenvalue weighted by Gasteiger charge is -2.37. The number of carbonyl (C=O) groups excluding carboxylic acids is 2. The van der Waals surface area contributed by atoms with Crippen LogP contribution < -0.4 is 0 Å². The Morgan fingerprint density at radius 2 is 1.92 bits per heavy atom. The van der Waals surface area contributed by atoms with E-state index in [2.05, 4.69) is 13.8 Å². The molecule has 2 aliphatic carbocycles. The fourth-order valence-electron chi connectivity index (χ4n) is 3.95. The Morgan fingerprint density at radius 1 is 1.21 bits per heavy atom. The van der Waals surface area contributed by atoms with Crippen molar-refractivity contribution in [1.29, 1.82) is 0 Å². The molecule has 0 amide bonds. The molecule has 0 aliphatic heterocycles. The summed E-state index contributed by atoms with van der Waals surface area (Å²) in [5, 5.41) is 19.9. The quantitative estimate of drug-likeness (QED) is 0.787. The van der Waals surface area contributed by atoms with E-state index in [0.29, 0.717) is 28.9 Å². The smallest absolute Gasteiger partial charge is 0.237 e. The lowest BCUT2D eigenvalue weighted by Crippen LogP contribution is -2.31. The van der Waals surface area contributed by atoms with Crippen LogP contribution in [0.25, 0.3) is 11.3 Å². The number of hydrogen-bond acceptors (Lipinski definition) is 5. The largest absolute Gasteiger partial charge is 0.463 e. The minimum absolute atomic E-state index is 0.138. The molecule has 1 unspecified atom stereocenters. The Balaban J connectivity index is 2.07. The van der Waals surface area contributed by atoms with Gasteiger partial charge >= 0.3 is 0 Å². The normalized spacial score (nSPS) is 21.2. The van der Waals surface area contributed by atoms with Crippen molar-refractivity contribution in [3.05, 3.63) is 46.2 Å². The highest BCUT2D eigenvalue weighted by Crippen LogP contribution is 2.47. The molecule has 0 saturated heterocycles. The molecule has 24 heavy (non-hydrogen) atoms. The molecule has 5 nitrogen and oxygen atoms in total. The molecule has 1 atom stereocenters. The molecule has 4 rings (SSSR count). The Bertz CT molecular complexity index is 887. The van der Waals surface area contributed by atoms with Crippen molar-refractivity contribution in [3.63, 3.8) is 0 Å². The standard InChI is InChI=1S/C19H18O5/c1-19(2)6-5-12(21)15-11(19)4-3-10-14(15)17(23)16(22)13-9(7-20)8-24-18(10)13/h3-4,8,12,20-21H,5-7H2,1-2H3. The van der Waals surface area contributed by atoms with Crippen molar-refractivity contribution in [2.75, 3.05) is 0 Å². The maximum atomic E-state index is 12.8. The Hall–Kier alpha value is -2.24. The van der Waals surface area contributed by atoms with E-state index in [-0.39, 0.29) is 23.1 Å². The molecule has 0 radical (unpaired) electrons. The minimum atomic E-state index is -0.770. The second kappa shape index (κ2) is 4.88. The zero-order valence-corrected chi connectivity index (χ0v) is 13.5. The summed E-state index contributed by atoms with van der Waals surface area (Å²) in [7, 11) is 0. The number of Topliss-reactive ketones (excluding diaryl/α,β-unsaturated/α-hetero) is 2. The second-order valence-electron chi connectivity index (χ2n) is 7.17. The van der Waals surface area contributed by atoms with Crippen LogP contribution in [0.4, 0.5) is 0 Å². The first-order chi connectivity index (χ1) is 11.4. The second-order valence-corrected chi connectivity index (χ2v) is 7.17. The monoisotopic (exact) mass is 326 g/mol. The third-order valence-corrected chi connectivity index (χ3v) is 5.29. The predicted molar refractivity (Wildman–Crippen MR) is 85.9 cm³/mol. The number of fused-ring (bicyclic) bond motifs is 5. The molecular weight excluding hydrogens is 308 g/mol. The SMILES string of the molecule is CC1(C)CCC(O)c2c1ccc1c2C(=O)C(=O)c2c(CO)coc2-1. The molecule has 2 aromatic rings. The van der Waals surface area contributed by atoms with Crippen molar-refractivity contribution in [2.24, 2.45) is 0 Å². The molecular formula is C19H18O5. The van der Waals surface area contributed by atoms with E-state index in [0.717, 1.165) is 12.0 Å². The summed E-state index contributed by atoms with van der Waals surface area (Å²) in [6.45, 7) is 3.77. The molecule has 124 valence electrons. The predicted octanol–water partition coefficient (Wildman–Crippen LogP) is 2.92. The number of aliphatic hydroxyl groups is 2. The van der Waals surface area contributed by atoms with Gasteiger partial charge in [-0.3, -0.25) is 9.59 Å². The maximum Gasteiger partial charge on any atom is 0.237 e. The van der Waals surface area contributed by atoms with Crippen LogP contribution in [0, 0.1) is 0 Å². The van der Waals surface area contributed by atoms with E-state index in [1.165, 1.54) is 6.26 Å². The highest BCUT2D eigenvalue weighted by atomic mass is 16.3. The summed E-state index contributed by atoms with van der Waals surface area (Å²) in [4.78, 5) is 25.4. The number of furan rings is 1. The Morgan fingerprint density at radius 3 is 2.62 bits per heavy atom. The zero-order valence-electron chi connectivity index (χ0n) is 13.5. The molecule has 5 heteroatoms. The van der Waals surface area contributed by atoms with Gasteiger partial charge < -0.3 is 14.6 Å². The zero-order chi connectivity index (χ0) is 17.2. The fourth-order valence-corrected chi connectivity index (χ4v) is 3.95. The lowest BCUT2D eigenvalue weighted by atomic mass is 9.68. The van der Waals surface area contributed by atoms with Crippen LogP contribution in [0.5, 0.6) is 0 Å². The number of rotatable bonds is 1. The first kappa shape index (κ1) is 15.3. The van der Waals surface area contributed by atoms with Gasteiger partial charge in [0.2, 0.25) is 11.6 Å². The van der Waals surface area contributed by atoms with Gasteiger partial charge in [0.15, 0.2) is 0 Å². The molecule has 0 saturated carbocycles. The van der Waals surface area contributed by atoms with Gasteiger partial charge in [-0.1, -0.05) is 26.0 Å². The summed E-state index contributed by atoms with van der Waals surface area (Å²) >= 11 is 0. The molecule has 0 spiro atoms. The average molecular weight is 326 g/mol. The number of ketones is 2. The summed E-state index contributed by atoms with van der Waals surface area (Å²) in [6, 6.07) is 3.69. The number of benzene rings is 1. The first-order valence-electron chi connectivity index (χ1n) is 8.03. The van der Waals surface area contributed by atoms with Crippen LogP contribution in [0.1, 0.15) is 70.2 Å². The van der Waals surface area contributed by atoms with Gasteiger partial charge in [-0.2, -0.15) is 0 Å². The highest BCUT2D eigenvalue weighted by Gasteiger charge is 2.42. The van der Waals surface area contributed by atoms with Crippen molar-refractivity contribution < 1.29 is 24.2 Å². The van der Waals surface area contributed by atoms with E-state index < -0.39 is 17.7 Å². The topological polar surface area (TPSA) is 87.7 Å². The molecule has 1 aromatic heterocycles. The number of aliphatic hydroxyl groups excluding tert-OH is 2. The van der Waals surface area contributed by atoms with E-state index in [4.69, 9.17) is 4.42 Å². The first-order valence-corrected chi connectivity index (χ1v) is 8.03. The van der Waals surface area contributed by atoms with Crippen molar-refractivity contribution in [2.45, 2.75) is 44.8 Å². The molecule has 2 aliphatic rings. The third-order valence-electron chi connectivity index (χ3n) is 5.29. The fraction of sp³-hybridized carbons (Fsp3) is 0.368. The average Bonchev–Trinajstić information content (AvgIpc) is 2.99. The van der Waals surface area contributed by atoms with Gasteiger partial charge in [0, 0.05) is 16.7 Å². The van der Waals surface area contributed by atoms with Crippen LogP contribution in [0.3, 0.4) is 0 Å². The van der Waals surface area contributed by atoms with Crippen molar-refractivity contribution >= 4 is 11.6 Å². The molecule has 0 bridgehead atoms. The van der Waals surface area contributed by atoms with Gasteiger partial charge in [0.1, 0.15) is 5.76 Å². The van der Waals surface area contributed by atoms with Crippen molar-refractivity contribution in [3.8, 4) is 11.3 Å².